The highest BCUT2D eigenvalue weighted by atomic mass is 32.1. The molecule has 25 heavy (non-hydrogen) atoms. The fraction of sp³-hybridized carbons (Fsp3) is 0.474. The van der Waals surface area contributed by atoms with Crippen LogP contribution in [0, 0.1) is 11.3 Å². The fourth-order valence-electron chi connectivity index (χ4n) is 3.09. The normalized spacial score (nSPS) is 17.6. The summed E-state index contributed by atoms with van der Waals surface area (Å²) in [5.74, 6) is 0.0784. The van der Waals surface area contributed by atoms with Crippen molar-refractivity contribution in [2.24, 2.45) is 5.92 Å². The smallest absolute Gasteiger partial charge is 0.299 e. The second kappa shape index (κ2) is 8.13. The van der Waals surface area contributed by atoms with Gasteiger partial charge >= 0.3 is 6.18 Å². The lowest BCUT2D eigenvalue weighted by atomic mass is 9.86. The third-order valence-electron chi connectivity index (χ3n) is 4.49. The Labute approximate surface area is 150 Å². The van der Waals surface area contributed by atoms with E-state index in [-0.39, 0.29) is 23.0 Å². The number of thiophene rings is 1. The molecule has 0 unspecified atom stereocenters. The average Bonchev–Trinajstić information content (AvgIpc) is 3.07. The van der Waals surface area contributed by atoms with Gasteiger partial charge in [0.05, 0.1) is 21.0 Å². The molecule has 0 saturated heterocycles. The molecular weight excluding hydrogens is 347 g/mol. The summed E-state index contributed by atoms with van der Waals surface area (Å²) < 4.78 is 39.5. The van der Waals surface area contributed by atoms with Crippen LogP contribution in [0.1, 0.15) is 60.5 Å². The SMILES string of the molecule is C/C=C\C(=C(\C)C(=N)c1ccc(C(=O)C2CCCCC2)s1)C(F)(F)F. The summed E-state index contributed by atoms with van der Waals surface area (Å²) >= 11 is 1.12. The van der Waals surface area contributed by atoms with Crippen molar-refractivity contribution < 1.29 is 18.0 Å². The summed E-state index contributed by atoms with van der Waals surface area (Å²) in [6.07, 6.45) is 2.77. The topological polar surface area (TPSA) is 40.9 Å². The number of hydrogen-bond donors (Lipinski definition) is 1. The summed E-state index contributed by atoms with van der Waals surface area (Å²) in [5.41, 5.74) is -1.14. The molecule has 0 amide bonds. The van der Waals surface area contributed by atoms with Crippen LogP contribution in [-0.2, 0) is 0 Å². The van der Waals surface area contributed by atoms with Crippen molar-refractivity contribution in [1.82, 2.24) is 0 Å². The maximum atomic E-state index is 13.2. The number of carbonyl (C=O) groups is 1. The van der Waals surface area contributed by atoms with E-state index in [1.54, 1.807) is 12.1 Å². The Morgan fingerprint density at radius 3 is 2.36 bits per heavy atom. The second-order valence-corrected chi connectivity index (χ2v) is 7.36. The minimum atomic E-state index is -4.51. The molecule has 136 valence electrons. The van der Waals surface area contributed by atoms with Crippen LogP contribution < -0.4 is 0 Å². The maximum absolute atomic E-state index is 13.2. The lowest BCUT2D eigenvalue weighted by Gasteiger charge is -2.19. The molecule has 0 spiro atoms. The third-order valence-corrected chi connectivity index (χ3v) is 5.61. The second-order valence-electron chi connectivity index (χ2n) is 6.27. The molecule has 6 heteroatoms. The van der Waals surface area contributed by atoms with E-state index in [1.165, 1.54) is 19.9 Å². The maximum Gasteiger partial charge on any atom is 0.416 e. The number of halogens is 3. The van der Waals surface area contributed by atoms with Gasteiger partial charge in [0.1, 0.15) is 0 Å². The van der Waals surface area contributed by atoms with Crippen molar-refractivity contribution in [2.75, 3.05) is 0 Å². The Hall–Kier alpha value is -1.69. The third kappa shape index (κ3) is 4.69. The summed E-state index contributed by atoms with van der Waals surface area (Å²) in [6.45, 7) is 2.81. The lowest BCUT2D eigenvalue weighted by Crippen LogP contribution is -2.16. The molecule has 1 heterocycles. The Kier molecular flexibility index (Phi) is 6.38. The van der Waals surface area contributed by atoms with Gasteiger partial charge in [0.2, 0.25) is 0 Å². The fourth-order valence-corrected chi connectivity index (χ4v) is 4.12. The highest BCUT2D eigenvalue weighted by Gasteiger charge is 2.34. The van der Waals surface area contributed by atoms with Gasteiger partial charge in [-0.15, -0.1) is 11.3 Å². The van der Waals surface area contributed by atoms with E-state index in [0.29, 0.717) is 9.75 Å². The molecule has 1 aliphatic carbocycles. The molecule has 2 nitrogen and oxygen atoms in total. The van der Waals surface area contributed by atoms with Crippen LogP contribution in [0.5, 0.6) is 0 Å². The van der Waals surface area contributed by atoms with Gasteiger partial charge in [-0.25, -0.2) is 0 Å². The van der Waals surface area contributed by atoms with Crippen LogP contribution in [0.25, 0.3) is 0 Å². The predicted molar refractivity (Wildman–Crippen MR) is 95.6 cm³/mol. The van der Waals surface area contributed by atoms with Crippen LogP contribution in [0.15, 0.2) is 35.4 Å². The molecule has 0 bridgehead atoms. The predicted octanol–water partition coefficient (Wildman–Crippen LogP) is 6.33. The van der Waals surface area contributed by atoms with Crippen LogP contribution in [0.2, 0.25) is 0 Å². The number of Topliss-reactive ketones (excluding diaryl/α,β-unsaturated/α-hetero) is 1. The number of alkyl halides is 3. The quantitative estimate of drug-likeness (QED) is 0.367. The molecule has 0 radical (unpaired) electrons. The van der Waals surface area contributed by atoms with Crippen LogP contribution in [0.3, 0.4) is 0 Å². The molecule has 1 aliphatic rings. The van der Waals surface area contributed by atoms with Crippen molar-refractivity contribution in [3.8, 4) is 0 Å². The first-order valence-electron chi connectivity index (χ1n) is 8.39. The van der Waals surface area contributed by atoms with E-state index < -0.39 is 11.7 Å². The zero-order valence-corrected chi connectivity index (χ0v) is 15.2. The van der Waals surface area contributed by atoms with Crippen molar-refractivity contribution in [1.29, 1.82) is 5.41 Å². The molecule has 2 rings (SSSR count). The summed E-state index contributed by atoms with van der Waals surface area (Å²) in [4.78, 5) is 13.5. The number of hydrogen-bond acceptors (Lipinski definition) is 3. The van der Waals surface area contributed by atoms with Crippen LogP contribution in [0.4, 0.5) is 13.2 Å². The van der Waals surface area contributed by atoms with Crippen molar-refractivity contribution in [3.05, 3.63) is 45.2 Å². The van der Waals surface area contributed by atoms with E-state index in [2.05, 4.69) is 0 Å². The van der Waals surface area contributed by atoms with Crippen molar-refractivity contribution >= 4 is 22.8 Å². The first-order valence-corrected chi connectivity index (χ1v) is 9.21. The minimum absolute atomic E-state index is 0.0137. The van der Waals surface area contributed by atoms with Gasteiger partial charge in [-0.05, 0) is 44.4 Å². The number of allylic oxidation sites excluding steroid dienone is 4. The molecule has 1 N–H and O–H groups in total. The highest BCUT2D eigenvalue weighted by molar-refractivity contribution is 7.16. The molecular formula is C19H22F3NOS. The van der Waals surface area contributed by atoms with Gasteiger partial charge < -0.3 is 0 Å². The molecule has 0 atom stereocenters. The van der Waals surface area contributed by atoms with Gasteiger partial charge in [-0.3, -0.25) is 10.2 Å². The van der Waals surface area contributed by atoms with Crippen molar-refractivity contribution in [3.63, 3.8) is 0 Å². The summed E-state index contributed by atoms with van der Waals surface area (Å²) in [6, 6.07) is 3.22. The zero-order valence-electron chi connectivity index (χ0n) is 14.4. The summed E-state index contributed by atoms with van der Waals surface area (Å²) in [7, 11) is 0. The van der Waals surface area contributed by atoms with Gasteiger partial charge in [0.25, 0.3) is 0 Å². The first kappa shape index (κ1) is 19.6. The average molecular weight is 369 g/mol. The number of nitrogens with one attached hydrogen (secondary N) is 1. The number of carbonyl (C=O) groups excluding carboxylic acids is 1. The molecule has 1 saturated carbocycles. The van der Waals surface area contributed by atoms with Gasteiger partial charge in [0.15, 0.2) is 5.78 Å². The van der Waals surface area contributed by atoms with Gasteiger partial charge in [0, 0.05) is 5.92 Å². The van der Waals surface area contributed by atoms with E-state index in [0.717, 1.165) is 49.5 Å². The number of rotatable bonds is 5. The highest BCUT2D eigenvalue weighted by Crippen LogP contribution is 2.33. The van der Waals surface area contributed by atoms with Crippen LogP contribution in [-0.4, -0.2) is 17.7 Å². The van der Waals surface area contributed by atoms with Crippen LogP contribution >= 0.6 is 11.3 Å². The van der Waals surface area contributed by atoms with E-state index in [9.17, 15) is 18.0 Å². The molecule has 1 aromatic rings. The van der Waals surface area contributed by atoms with E-state index >= 15 is 0 Å². The Bertz CT molecular complexity index is 706. The standard InChI is InChI=1S/C19H22F3NOS/c1-3-7-14(19(20,21)22)12(2)17(23)15-10-11-16(25-15)18(24)13-8-5-4-6-9-13/h3,7,10-11,13,23H,4-6,8-9H2,1-2H3/b7-3-,14-12+,23-17?. The zero-order chi connectivity index (χ0) is 18.6. The molecule has 1 fully saturated rings. The lowest BCUT2D eigenvalue weighted by molar-refractivity contribution is -0.0886. The molecule has 0 aromatic carbocycles. The Morgan fingerprint density at radius 1 is 1.20 bits per heavy atom. The summed E-state index contributed by atoms with van der Waals surface area (Å²) in [5, 5.41) is 8.13. The Morgan fingerprint density at radius 2 is 1.80 bits per heavy atom. The van der Waals surface area contributed by atoms with Gasteiger partial charge in [-0.1, -0.05) is 31.4 Å². The number of ketones is 1. The first-order chi connectivity index (χ1) is 11.8. The molecule has 0 aliphatic heterocycles. The largest absolute Gasteiger partial charge is 0.416 e. The minimum Gasteiger partial charge on any atom is -0.299 e. The van der Waals surface area contributed by atoms with Gasteiger partial charge in [-0.2, -0.15) is 13.2 Å². The van der Waals surface area contributed by atoms with Crippen molar-refractivity contribution in [2.45, 2.75) is 52.1 Å². The Balaban J connectivity index is 2.26. The monoisotopic (exact) mass is 369 g/mol. The molecule has 1 aromatic heterocycles. The van der Waals surface area contributed by atoms with E-state index in [1.807, 2.05) is 0 Å². The van der Waals surface area contributed by atoms with E-state index in [4.69, 9.17) is 5.41 Å².